The molecule has 0 aliphatic heterocycles. The van der Waals surface area contributed by atoms with E-state index in [-0.39, 0.29) is 7.43 Å². The average molecular weight is 173 g/mol. The molecule has 0 spiro atoms. The largest absolute Gasteiger partial charge is 0.0622 e. The van der Waals surface area contributed by atoms with Crippen LogP contribution in [-0.2, 0) is 0 Å². The van der Waals surface area contributed by atoms with Crippen LogP contribution in [0.3, 0.4) is 0 Å². The Balaban J connectivity index is 0.000000845. The highest BCUT2D eigenvalue weighted by molar-refractivity contribution is 5.19. The molecule has 0 amide bonds. The summed E-state index contributed by atoms with van der Waals surface area (Å²) in [5, 5.41) is 0. The fourth-order valence-electron chi connectivity index (χ4n) is 2.16. The second-order valence-electron chi connectivity index (χ2n) is 3.75. The summed E-state index contributed by atoms with van der Waals surface area (Å²) in [5.74, 6) is 0.861. The molecule has 0 N–H and O–H groups in total. The van der Waals surface area contributed by atoms with Gasteiger partial charge in [-0.1, -0.05) is 49.6 Å². The van der Waals surface area contributed by atoms with Crippen molar-refractivity contribution in [3.63, 3.8) is 0 Å². The maximum atomic E-state index is 2.27. The highest BCUT2D eigenvalue weighted by Gasteiger charge is 2.14. The predicted molar refractivity (Wildman–Crippen MR) is 56.6 cm³/mol. The molecule has 1 aromatic carbocycles. The van der Waals surface area contributed by atoms with Gasteiger partial charge in [0.25, 0.3) is 0 Å². The Kier molecular flexibility index (Phi) is 4.01. The first-order chi connectivity index (χ1) is 5.97. The van der Waals surface area contributed by atoms with E-state index < -0.39 is 0 Å². The molecular weight excluding hydrogens is 156 g/mol. The molecule has 1 aliphatic rings. The Hall–Kier alpha value is -0.780. The quantitative estimate of drug-likeness (QED) is 0.603. The lowest BCUT2D eigenvalue weighted by Gasteiger charge is -2.21. The van der Waals surface area contributed by atoms with Crippen molar-refractivity contribution in [2.24, 2.45) is 0 Å². The molecule has 1 aromatic rings. The van der Waals surface area contributed by atoms with E-state index in [0.717, 1.165) is 5.92 Å². The van der Waals surface area contributed by atoms with Crippen LogP contribution < -0.4 is 0 Å². The van der Waals surface area contributed by atoms with Crippen LogP contribution in [0.2, 0.25) is 0 Å². The van der Waals surface area contributed by atoms with Crippen LogP contribution >= 0.6 is 0 Å². The first-order valence-electron chi connectivity index (χ1n) is 5.02. The Morgan fingerprint density at radius 2 is 1.46 bits per heavy atom. The van der Waals surface area contributed by atoms with Gasteiger partial charge >= 0.3 is 0 Å². The van der Waals surface area contributed by atoms with Crippen molar-refractivity contribution in [3.05, 3.63) is 43.3 Å². The fraction of sp³-hybridized carbons (Fsp3) is 0.462. The number of hydrogen-bond acceptors (Lipinski definition) is 0. The van der Waals surface area contributed by atoms with E-state index in [0.29, 0.717) is 0 Å². The molecule has 0 atom stereocenters. The van der Waals surface area contributed by atoms with E-state index in [1.54, 1.807) is 5.56 Å². The molecule has 1 fully saturated rings. The van der Waals surface area contributed by atoms with E-state index in [1.165, 1.54) is 32.1 Å². The second-order valence-corrected chi connectivity index (χ2v) is 3.75. The zero-order chi connectivity index (χ0) is 8.23. The maximum Gasteiger partial charge on any atom is -0.0162 e. The maximum absolute atomic E-state index is 2.27. The van der Waals surface area contributed by atoms with Gasteiger partial charge in [0.1, 0.15) is 0 Å². The van der Waals surface area contributed by atoms with Crippen molar-refractivity contribution >= 4 is 0 Å². The molecule has 0 heterocycles. The topological polar surface area (TPSA) is 0 Å². The van der Waals surface area contributed by atoms with Gasteiger partial charge in [0.05, 0.1) is 0 Å². The smallest absolute Gasteiger partial charge is 0.0162 e. The first-order valence-corrected chi connectivity index (χ1v) is 5.02. The van der Waals surface area contributed by atoms with E-state index >= 15 is 0 Å². The molecular formula is C13H17. The lowest BCUT2D eigenvalue weighted by Crippen LogP contribution is -2.03. The van der Waals surface area contributed by atoms with Crippen LogP contribution in [0.5, 0.6) is 0 Å². The van der Waals surface area contributed by atoms with Gasteiger partial charge in [-0.2, -0.15) is 0 Å². The highest BCUT2D eigenvalue weighted by Crippen LogP contribution is 2.31. The van der Waals surface area contributed by atoms with Crippen molar-refractivity contribution in [1.82, 2.24) is 0 Å². The molecule has 0 unspecified atom stereocenters. The zero-order valence-electron chi connectivity index (χ0n) is 8.08. The molecule has 0 saturated heterocycles. The summed E-state index contributed by atoms with van der Waals surface area (Å²) in [7, 11) is 0. The van der Waals surface area contributed by atoms with Crippen molar-refractivity contribution < 1.29 is 0 Å². The van der Waals surface area contributed by atoms with Crippen molar-refractivity contribution in [2.45, 2.75) is 38.0 Å². The minimum Gasteiger partial charge on any atom is -0.0622 e. The molecule has 13 heavy (non-hydrogen) atoms. The zero-order valence-corrected chi connectivity index (χ0v) is 8.08. The average Bonchev–Trinajstić information content (AvgIpc) is 2.21. The Morgan fingerprint density at radius 3 is 2.08 bits per heavy atom. The third-order valence-corrected chi connectivity index (χ3v) is 2.88. The van der Waals surface area contributed by atoms with Crippen LogP contribution in [0.1, 0.15) is 43.6 Å². The van der Waals surface area contributed by atoms with Gasteiger partial charge in [-0.15, -0.1) is 0 Å². The number of benzene rings is 1. The summed E-state index contributed by atoms with van der Waals surface area (Å²) in [6, 6.07) is 11.0. The summed E-state index contributed by atoms with van der Waals surface area (Å²) in [5.41, 5.74) is 1.55. The van der Waals surface area contributed by atoms with Gasteiger partial charge in [0, 0.05) is 0 Å². The Morgan fingerprint density at radius 1 is 0.846 bits per heavy atom. The van der Waals surface area contributed by atoms with Crippen molar-refractivity contribution in [2.75, 3.05) is 0 Å². The SMILES string of the molecule is [CH].c1ccc(C2CCCCC2)cc1. The van der Waals surface area contributed by atoms with Crippen LogP contribution in [0.4, 0.5) is 0 Å². The van der Waals surface area contributed by atoms with Gasteiger partial charge < -0.3 is 0 Å². The molecule has 2 rings (SSSR count). The normalized spacial score (nSPS) is 17.8. The molecule has 69 valence electrons. The molecule has 0 bridgehead atoms. The van der Waals surface area contributed by atoms with Gasteiger partial charge in [-0.3, -0.25) is 0 Å². The first kappa shape index (κ1) is 10.3. The highest BCUT2D eigenvalue weighted by atomic mass is 14.2. The standard InChI is InChI=1S/C12H16.CH/c1-3-7-11(8-4-1)12-9-5-2-6-10-12;/h1,3-4,7-8,12H,2,5-6,9-10H2;1H. The summed E-state index contributed by atoms with van der Waals surface area (Å²) >= 11 is 0. The van der Waals surface area contributed by atoms with Crippen molar-refractivity contribution in [1.29, 1.82) is 0 Å². The number of rotatable bonds is 1. The summed E-state index contributed by atoms with van der Waals surface area (Å²) in [4.78, 5) is 0. The number of hydrogen-bond donors (Lipinski definition) is 0. The summed E-state index contributed by atoms with van der Waals surface area (Å²) < 4.78 is 0. The second kappa shape index (κ2) is 5.06. The van der Waals surface area contributed by atoms with E-state index in [1.807, 2.05) is 0 Å². The molecule has 0 nitrogen and oxygen atoms in total. The Bertz CT molecular complexity index is 219. The Labute approximate surface area is 82.0 Å². The molecule has 1 saturated carbocycles. The van der Waals surface area contributed by atoms with Gasteiger partial charge in [0.15, 0.2) is 0 Å². The lowest BCUT2D eigenvalue weighted by molar-refractivity contribution is 0.443. The van der Waals surface area contributed by atoms with Gasteiger partial charge in [0.2, 0.25) is 0 Å². The van der Waals surface area contributed by atoms with Crippen LogP contribution in [0.15, 0.2) is 30.3 Å². The van der Waals surface area contributed by atoms with E-state index in [2.05, 4.69) is 30.3 Å². The van der Waals surface area contributed by atoms with Crippen molar-refractivity contribution in [3.8, 4) is 0 Å². The predicted octanol–water partition coefficient (Wildman–Crippen LogP) is 3.94. The van der Waals surface area contributed by atoms with Crippen LogP contribution in [-0.4, -0.2) is 0 Å². The minimum atomic E-state index is 0. The third-order valence-electron chi connectivity index (χ3n) is 2.88. The monoisotopic (exact) mass is 173 g/mol. The lowest BCUT2D eigenvalue weighted by atomic mass is 9.84. The summed E-state index contributed by atoms with van der Waals surface area (Å²) in [6.45, 7) is 0. The van der Waals surface area contributed by atoms with E-state index in [9.17, 15) is 0 Å². The minimum absolute atomic E-state index is 0. The molecule has 3 radical (unpaired) electrons. The van der Waals surface area contributed by atoms with Crippen LogP contribution in [0.25, 0.3) is 0 Å². The molecule has 0 aromatic heterocycles. The van der Waals surface area contributed by atoms with E-state index in [4.69, 9.17) is 0 Å². The van der Waals surface area contributed by atoms with Crippen LogP contribution in [0, 0.1) is 7.43 Å². The van der Waals surface area contributed by atoms with Gasteiger partial charge in [-0.05, 0) is 31.7 Å². The molecule has 1 aliphatic carbocycles. The summed E-state index contributed by atoms with van der Waals surface area (Å²) in [6.07, 6.45) is 7.12. The molecule has 0 heteroatoms. The third kappa shape index (κ3) is 2.58. The van der Waals surface area contributed by atoms with Gasteiger partial charge in [-0.25, -0.2) is 0 Å². The fourth-order valence-corrected chi connectivity index (χ4v) is 2.16.